The van der Waals surface area contributed by atoms with Crippen LogP contribution in [-0.4, -0.2) is 6.36 Å². The Balaban J connectivity index is 2.96. The number of nitrogens with two attached hydrogens (primary N) is 1. The second-order valence-electron chi connectivity index (χ2n) is 2.12. The van der Waals surface area contributed by atoms with Crippen molar-refractivity contribution in [3.05, 3.63) is 24.0 Å². The molecule has 0 unspecified atom stereocenters. The summed E-state index contributed by atoms with van der Waals surface area (Å²) < 4.78 is 50.9. The van der Waals surface area contributed by atoms with Gasteiger partial charge in [-0.2, -0.15) is 0 Å². The van der Waals surface area contributed by atoms with E-state index in [1.807, 2.05) is 6.07 Å². The minimum absolute atomic E-state index is 0.708. The first-order valence-corrected chi connectivity index (χ1v) is 3.11. The van der Waals surface area contributed by atoms with Crippen molar-refractivity contribution in [2.24, 2.45) is 0 Å². The third-order valence-corrected chi connectivity index (χ3v) is 1.16. The second-order valence-corrected chi connectivity index (χ2v) is 2.12. The Morgan fingerprint density at radius 2 is 2.00 bits per heavy atom. The molecule has 0 fully saturated rings. The van der Waals surface area contributed by atoms with E-state index in [2.05, 4.69) is 4.74 Å². The van der Waals surface area contributed by atoms with Crippen LogP contribution < -0.4 is 10.5 Å². The van der Waals surface area contributed by atoms with Crippen LogP contribution in [0.3, 0.4) is 0 Å². The summed E-state index contributed by atoms with van der Waals surface area (Å²) in [5.41, 5.74) is 4.25. The smallest absolute Gasteiger partial charge is 0.403 e. The molecule has 2 nitrogen and oxygen atoms in total. The number of nitrogen functional groups attached to an aromatic ring is 1. The van der Waals surface area contributed by atoms with E-state index in [1.165, 1.54) is 0 Å². The van der Waals surface area contributed by atoms with Gasteiger partial charge in [0.2, 0.25) is 0 Å². The second kappa shape index (κ2) is 3.12. The fourth-order valence-electron chi connectivity index (χ4n) is 0.667. The Kier molecular flexibility index (Phi) is 2.31. The van der Waals surface area contributed by atoms with Crippen LogP contribution in [0, 0.1) is 11.9 Å². The summed E-state index contributed by atoms with van der Waals surface area (Å²) in [6.45, 7) is 0. The molecule has 0 spiro atoms. The van der Waals surface area contributed by atoms with Gasteiger partial charge in [0.1, 0.15) is 11.5 Å². The molecular formula is C7H4F4NO. The van der Waals surface area contributed by atoms with Crippen molar-refractivity contribution >= 4 is 5.69 Å². The zero-order valence-electron chi connectivity index (χ0n) is 6.15. The number of ether oxygens (including phenoxy) is 1. The van der Waals surface area contributed by atoms with E-state index < -0.39 is 23.6 Å². The van der Waals surface area contributed by atoms with Crippen molar-refractivity contribution in [3.63, 3.8) is 0 Å². The van der Waals surface area contributed by atoms with E-state index >= 15 is 0 Å². The summed E-state index contributed by atoms with van der Waals surface area (Å²) in [5.74, 6) is -1.83. The standard InChI is InChI=1S/C7H4F4NO/c8-4-2-1-3-5(6(4)12)13-7(9,10)11/h1-2H,12H2. The van der Waals surface area contributed by atoms with Gasteiger partial charge in [0, 0.05) is 6.07 Å². The van der Waals surface area contributed by atoms with Crippen LogP contribution in [0.1, 0.15) is 0 Å². The number of rotatable bonds is 1. The van der Waals surface area contributed by atoms with Crippen LogP contribution in [-0.2, 0) is 0 Å². The lowest BCUT2D eigenvalue weighted by molar-refractivity contribution is -0.274. The maximum Gasteiger partial charge on any atom is 0.573 e. The van der Waals surface area contributed by atoms with Crippen molar-refractivity contribution in [3.8, 4) is 5.75 Å². The Morgan fingerprint density at radius 1 is 1.38 bits per heavy atom. The predicted molar refractivity (Wildman–Crippen MR) is 36.3 cm³/mol. The summed E-state index contributed by atoms with van der Waals surface area (Å²) in [6.07, 6.45) is -4.89. The number of hydrogen-bond acceptors (Lipinski definition) is 2. The fourth-order valence-corrected chi connectivity index (χ4v) is 0.667. The number of hydrogen-bond donors (Lipinski definition) is 1. The largest absolute Gasteiger partial charge is 0.573 e. The van der Waals surface area contributed by atoms with Crippen LogP contribution in [0.2, 0.25) is 0 Å². The Morgan fingerprint density at radius 3 is 2.54 bits per heavy atom. The molecule has 0 saturated carbocycles. The SMILES string of the molecule is Nc1c(OC(F)(F)F)[c]ccc1F. The Bertz CT molecular complexity index is 310. The highest BCUT2D eigenvalue weighted by Gasteiger charge is 2.32. The molecule has 1 aromatic carbocycles. The maximum atomic E-state index is 12.6. The number of anilines is 1. The molecule has 1 radical (unpaired) electrons. The molecule has 0 atom stereocenters. The molecule has 0 aliphatic carbocycles. The number of benzene rings is 1. The van der Waals surface area contributed by atoms with Gasteiger partial charge in [0.25, 0.3) is 0 Å². The molecule has 0 saturated heterocycles. The van der Waals surface area contributed by atoms with Gasteiger partial charge in [-0.25, -0.2) is 4.39 Å². The van der Waals surface area contributed by atoms with Gasteiger partial charge in [0.05, 0.1) is 0 Å². The van der Waals surface area contributed by atoms with Gasteiger partial charge >= 0.3 is 6.36 Å². The summed E-state index contributed by atoms with van der Waals surface area (Å²) in [6, 6.07) is 3.87. The van der Waals surface area contributed by atoms with E-state index in [0.717, 1.165) is 12.1 Å². The van der Waals surface area contributed by atoms with Gasteiger partial charge in [-0.1, -0.05) is 0 Å². The zero-order chi connectivity index (χ0) is 10.1. The molecule has 0 bridgehead atoms. The minimum atomic E-state index is -4.89. The topological polar surface area (TPSA) is 35.2 Å². The summed E-state index contributed by atoms with van der Waals surface area (Å²) in [4.78, 5) is 0. The highest BCUT2D eigenvalue weighted by atomic mass is 19.4. The van der Waals surface area contributed by atoms with Gasteiger partial charge in [-0.15, -0.1) is 13.2 Å². The number of halogens is 4. The van der Waals surface area contributed by atoms with Crippen LogP contribution in [0.5, 0.6) is 5.75 Å². The molecule has 6 heteroatoms. The van der Waals surface area contributed by atoms with Crippen LogP contribution >= 0.6 is 0 Å². The van der Waals surface area contributed by atoms with Gasteiger partial charge in [-0.05, 0) is 12.1 Å². The minimum Gasteiger partial charge on any atom is -0.403 e. The van der Waals surface area contributed by atoms with Crippen LogP contribution in [0.15, 0.2) is 12.1 Å². The van der Waals surface area contributed by atoms with Gasteiger partial charge in [0.15, 0.2) is 5.75 Å². The van der Waals surface area contributed by atoms with Gasteiger partial charge in [-0.3, -0.25) is 0 Å². The quantitative estimate of drug-likeness (QED) is 0.548. The molecule has 0 heterocycles. The molecule has 71 valence electrons. The first-order chi connectivity index (χ1) is 5.90. The van der Waals surface area contributed by atoms with Crippen molar-refractivity contribution in [1.29, 1.82) is 0 Å². The number of alkyl halides is 3. The molecular weight excluding hydrogens is 190 g/mol. The highest BCUT2D eigenvalue weighted by Crippen LogP contribution is 2.28. The van der Waals surface area contributed by atoms with E-state index in [-0.39, 0.29) is 0 Å². The predicted octanol–water partition coefficient (Wildman–Crippen LogP) is 2.11. The lowest BCUT2D eigenvalue weighted by atomic mass is 10.3. The van der Waals surface area contributed by atoms with E-state index in [1.54, 1.807) is 0 Å². The molecule has 0 amide bonds. The monoisotopic (exact) mass is 194 g/mol. The summed E-state index contributed by atoms with van der Waals surface area (Å²) >= 11 is 0. The van der Waals surface area contributed by atoms with Crippen molar-refractivity contribution < 1.29 is 22.3 Å². The average molecular weight is 194 g/mol. The Hall–Kier alpha value is -1.46. The lowest BCUT2D eigenvalue weighted by Gasteiger charge is -2.10. The van der Waals surface area contributed by atoms with Crippen LogP contribution in [0.4, 0.5) is 23.2 Å². The zero-order valence-corrected chi connectivity index (χ0v) is 6.15. The molecule has 1 aromatic rings. The van der Waals surface area contributed by atoms with E-state index in [9.17, 15) is 17.6 Å². The molecule has 0 aromatic heterocycles. The first kappa shape index (κ1) is 9.63. The molecule has 0 aliphatic rings. The fraction of sp³-hybridized carbons (Fsp3) is 0.143. The molecule has 1 rings (SSSR count). The van der Waals surface area contributed by atoms with Crippen molar-refractivity contribution in [2.45, 2.75) is 6.36 Å². The summed E-state index contributed by atoms with van der Waals surface area (Å²) in [7, 11) is 0. The molecule has 0 aliphatic heterocycles. The third-order valence-electron chi connectivity index (χ3n) is 1.16. The molecule has 13 heavy (non-hydrogen) atoms. The van der Waals surface area contributed by atoms with Crippen molar-refractivity contribution in [2.75, 3.05) is 5.73 Å². The third kappa shape index (κ3) is 2.50. The lowest BCUT2D eigenvalue weighted by Crippen LogP contribution is -2.18. The molecule has 2 N–H and O–H groups in total. The summed E-state index contributed by atoms with van der Waals surface area (Å²) in [5, 5.41) is 0. The van der Waals surface area contributed by atoms with Crippen molar-refractivity contribution in [1.82, 2.24) is 0 Å². The Labute approximate surface area is 70.9 Å². The van der Waals surface area contributed by atoms with E-state index in [0.29, 0.717) is 0 Å². The maximum absolute atomic E-state index is 12.6. The highest BCUT2D eigenvalue weighted by molar-refractivity contribution is 5.52. The first-order valence-electron chi connectivity index (χ1n) is 3.11. The van der Waals surface area contributed by atoms with E-state index in [4.69, 9.17) is 5.73 Å². The van der Waals surface area contributed by atoms with Gasteiger partial charge < -0.3 is 10.5 Å². The average Bonchev–Trinajstić information content (AvgIpc) is 1.96. The van der Waals surface area contributed by atoms with Crippen LogP contribution in [0.25, 0.3) is 0 Å². The normalized spacial score (nSPS) is 11.4.